The van der Waals surface area contributed by atoms with Gasteiger partial charge in [0, 0.05) is 10.9 Å². The maximum Gasteiger partial charge on any atom is 0.163 e. The zero-order valence-corrected chi connectivity index (χ0v) is 16.1. The van der Waals surface area contributed by atoms with E-state index in [2.05, 4.69) is 25.6 Å². The van der Waals surface area contributed by atoms with Crippen molar-refractivity contribution in [2.75, 3.05) is 5.32 Å². The van der Waals surface area contributed by atoms with Gasteiger partial charge in [0.05, 0.1) is 29.0 Å². The molecule has 0 saturated carbocycles. The molecule has 0 radical (unpaired) electrons. The summed E-state index contributed by atoms with van der Waals surface area (Å²) in [5.74, 6) is 0.314. The summed E-state index contributed by atoms with van der Waals surface area (Å²) in [6, 6.07) is 21.8. The van der Waals surface area contributed by atoms with Gasteiger partial charge in [0.25, 0.3) is 0 Å². The fraction of sp³-hybridized carbons (Fsp3) is 0.0435. The summed E-state index contributed by atoms with van der Waals surface area (Å²) >= 11 is 0. The monoisotopic (exact) mass is 396 g/mol. The number of aryl methyl sites for hydroxylation is 1. The van der Waals surface area contributed by atoms with Crippen LogP contribution in [0.2, 0.25) is 0 Å². The van der Waals surface area contributed by atoms with E-state index in [1.54, 1.807) is 18.3 Å². The molecule has 3 aromatic heterocycles. The van der Waals surface area contributed by atoms with E-state index in [0.717, 1.165) is 33.7 Å². The number of nitrogens with zero attached hydrogens (tertiary/aromatic N) is 5. The third kappa shape index (κ3) is 3.37. The molecule has 7 heteroatoms. The van der Waals surface area contributed by atoms with Gasteiger partial charge < -0.3 is 5.32 Å². The van der Waals surface area contributed by atoms with Crippen molar-refractivity contribution < 1.29 is 4.39 Å². The maximum atomic E-state index is 13.1. The number of halogens is 1. The molecule has 0 unspecified atom stereocenters. The van der Waals surface area contributed by atoms with Gasteiger partial charge in [-0.3, -0.25) is 0 Å². The number of pyridine rings is 1. The van der Waals surface area contributed by atoms with Crippen LogP contribution in [-0.2, 0) is 0 Å². The molecule has 2 aromatic carbocycles. The third-order valence-corrected chi connectivity index (χ3v) is 4.78. The average Bonchev–Trinajstić information content (AvgIpc) is 3.12. The number of anilines is 2. The van der Waals surface area contributed by atoms with Crippen molar-refractivity contribution in [1.29, 1.82) is 0 Å². The van der Waals surface area contributed by atoms with E-state index < -0.39 is 0 Å². The normalized spacial score (nSPS) is 11.0. The van der Waals surface area contributed by atoms with E-state index in [9.17, 15) is 4.39 Å². The fourth-order valence-corrected chi connectivity index (χ4v) is 3.28. The molecule has 0 amide bonds. The fourth-order valence-electron chi connectivity index (χ4n) is 3.28. The molecule has 0 fully saturated rings. The molecule has 0 aliphatic heterocycles. The Morgan fingerprint density at radius 3 is 2.43 bits per heavy atom. The van der Waals surface area contributed by atoms with Gasteiger partial charge in [0.15, 0.2) is 11.5 Å². The first kappa shape index (κ1) is 17.9. The molecule has 1 N–H and O–H groups in total. The average molecular weight is 396 g/mol. The highest BCUT2D eigenvalue weighted by atomic mass is 19.1. The molecule has 5 rings (SSSR count). The Bertz CT molecular complexity index is 1310. The minimum Gasteiger partial charge on any atom is -0.337 e. The Hall–Kier alpha value is -4.13. The number of aromatic nitrogens is 5. The van der Waals surface area contributed by atoms with Crippen molar-refractivity contribution in [3.63, 3.8) is 0 Å². The summed E-state index contributed by atoms with van der Waals surface area (Å²) < 4.78 is 14.9. The zero-order chi connectivity index (χ0) is 20.5. The molecule has 5 aromatic rings. The lowest BCUT2D eigenvalue weighted by molar-refractivity contribution is 0.628. The van der Waals surface area contributed by atoms with Crippen LogP contribution in [0.5, 0.6) is 0 Å². The van der Waals surface area contributed by atoms with Crippen LogP contribution in [-0.4, -0.2) is 25.0 Å². The number of nitrogens with one attached hydrogen (secondary N) is 1. The van der Waals surface area contributed by atoms with Crippen LogP contribution in [0, 0.1) is 12.7 Å². The van der Waals surface area contributed by atoms with Gasteiger partial charge in [-0.2, -0.15) is 5.10 Å². The van der Waals surface area contributed by atoms with Crippen LogP contribution >= 0.6 is 0 Å². The lowest BCUT2D eigenvalue weighted by Gasteiger charge is -2.07. The van der Waals surface area contributed by atoms with Crippen LogP contribution < -0.4 is 5.32 Å². The Morgan fingerprint density at radius 2 is 1.70 bits per heavy atom. The molecule has 146 valence electrons. The van der Waals surface area contributed by atoms with E-state index in [1.165, 1.54) is 12.1 Å². The number of hydrogen-bond donors (Lipinski definition) is 1. The number of para-hydroxylation sites is 1. The zero-order valence-electron chi connectivity index (χ0n) is 16.1. The molecule has 0 aliphatic rings. The quantitative estimate of drug-likeness (QED) is 0.459. The summed E-state index contributed by atoms with van der Waals surface area (Å²) in [4.78, 5) is 4.60. The first-order chi connectivity index (χ1) is 14.7. The van der Waals surface area contributed by atoms with E-state index >= 15 is 0 Å². The van der Waals surface area contributed by atoms with Crippen molar-refractivity contribution >= 4 is 22.5 Å². The van der Waals surface area contributed by atoms with Crippen molar-refractivity contribution in [2.24, 2.45) is 0 Å². The van der Waals surface area contributed by atoms with Gasteiger partial charge in [-0.15, -0.1) is 10.2 Å². The highest BCUT2D eigenvalue weighted by molar-refractivity contribution is 5.83. The largest absolute Gasteiger partial charge is 0.337 e. The smallest absolute Gasteiger partial charge is 0.163 e. The summed E-state index contributed by atoms with van der Waals surface area (Å²) in [6.07, 6.45) is 1.75. The molecule has 0 saturated heterocycles. The Kier molecular flexibility index (Phi) is 4.40. The lowest BCUT2D eigenvalue weighted by Crippen LogP contribution is -1.99. The second kappa shape index (κ2) is 7.36. The van der Waals surface area contributed by atoms with E-state index in [-0.39, 0.29) is 5.82 Å². The van der Waals surface area contributed by atoms with Gasteiger partial charge in [-0.1, -0.05) is 18.2 Å². The van der Waals surface area contributed by atoms with Crippen LogP contribution in [0.15, 0.2) is 79.0 Å². The molecule has 0 spiro atoms. The summed E-state index contributed by atoms with van der Waals surface area (Å²) in [6.45, 7) is 1.96. The van der Waals surface area contributed by atoms with Crippen LogP contribution in [0.4, 0.5) is 15.9 Å². The standard InChI is InChI=1S/C23H17FN6/c1-15-20-13-18(14-25-23(20)30(29-15)19-5-3-2-4-6-19)26-22-12-11-21(27-28-22)16-7-9-17(24)10-8-16/h2-14H,1H3,(H,26,28). The molecule has 3 heterocycles. The van der Waals surface area contributed by atoms with Crippen molar-refractivity contribution in [2.45, 2.75) is 6.92 Å². The predicted molar refractivity (Wildman–Crippen MR) is 114 cm³/mol. The van der Waals surface area contributed by atoms with Crippen LogP contribution in [0.25, 0.3) is 28.0 Å². The molecule has 30 heavy (non-hydrogen) atoms. The topological polar surface area (TPSA) is 68.5 Å². The number of benzene rings is 2. The molecular weight excluding hydrogens is 379 g/mol. The lowest BCUT2D eigenvalue weighted by atomic mass is 10.1. The minimum atomic E-state index is -0.279. The van der Waals surface area contributed by atoms with Crippen LogP contribution in [0.3, 0.4) is 0 Å². The van der Waals surface area contributed by atoms with Gasteiger partial charge in [-0.25, -0.2) is 14.1 Å². The number of rotatable bonds is 4. The molecule has 0 bridgehead atoms. The van der Waals surface area contributed by atoms with Crippen molar-refractivity contribution in [3.05, 3.63) is 90.5 Å². The Labute approximate surface area is 172 Å². The maximum absolute atomic E-state index is 13.1. The Morgan fingerprint density at radius 1 is 0.900 bits per heavy atom. The Balaban J connectivity index is 1.42. The molecule has 6 nitrogen and oxygen atoms in total. The molecule has 0 aliphatic carbocycles. The van der Waals surface area contributed by atoms with Gasteiger partial charge >= 0.3 is 0 Å². The highest BCUT2D eigenvalue weighted by Gasteiger charge is 2.11. The van der Waals surface area contributed by atoms with Gasteiger partial charge in [0.2, 0.25) is 0 Å². The predicted octanol–water partition coefficient (Wildman–Crippen LogP) is 5.07. The molecular formula is C23H17FN6. The number of hydrogen-bond acceptors (Lipinski definition) is 5. The minimum absolute atomic E-state index is 0.279. The van der Waals surface area contributed by atoms with Crippen molar-refractivity contribution in [1.82, 2.24) is 25.0 Å². The van der Waals surface area contributed by atoms with E-state index in [1.807, 2.05) is 60.1 Å². The molecule has 0 atom stereocenters. The van der Waals surface area contributed by atoms with Gasteiger partial charge in [0.1, 0.15) is 5.82 Å². The van der Waals surface area contributed by atoms with Crippen molar-refractivity contribution in [3.8, 4) is 16.9 Å². The second-order valence-electron chi connectivity index (χ2n) is 6.86. The van der Waals surface area contributed by atoms with E-state index in [4.69, 9.17) is 0 Å². The number of fused-ring (bicyclic) bond motifs is 1. The highest BCUT2D eigenvalue weighted by Crippen LogP contribution is 2.25. The summed E-state index contributed by atoms with van der Waals surface area (Å²) in [7, 11) is 0. The SMILES string of the molecule is Cc1nn(-c2ccccc2)c2ncc(Nc3ccc(-c4ccc(F)cc4)nn3)cc12. The third-order valence-electron chi connectivity index (χ3n) is 4.78. The van der Waals surface area contributed by atoms with Gasteiger partial charge in [-0.05, 0) is 61.5 Å². The summed E-state index contributed by atoms with van der Waals surface area (Å²) in [5.41, 5.74) is 4.93. The van der Waals surface area contributed by atoms with E-state index in [0.29, 0.717) is 11.5 Å². The first-order valence-electron chi connectivity index (χ1n) is 9.45. The second-order valence-corrected chi connectivity index (χ2v) is 6.86. The summed E-state index contributed by atoms with van der Waals surface area (Å²) in [5, 5.41) is 17.3. The van der Waals surface area contributed by atoms with Crippen LogP contribution in [0.1, 0.15) is 5.69 Å². The first-order valence-corrected chi connectivity index (χ1v) is 9.45.